The maximum atomic E-state index is 5.29. The lowest BCUT2D eigenvalue weighted by atomic mass is 10.0. The number of thioether (sulfide) groups is 1. The highest BCUT2D eigenvalue weighted by molar-refractivity contribution is 7.98. The van der Waals surface area contributed by atoms with Gasteiger partial charge in [-0.05, 0) is 62.1 Å². The minimum absolute atomic E-state index is 0.455. The van der Waals surface area contributed by atoms with E-state index in [0.29, 0.717) is 18.0 Å². The molecule has 4 fully saturated rings. The standard InChI is InChI=1S/C28H40N6S/c1-19(2)23-9-8-22(28(29-23)34-13-11-20-14-31(3)17-24(20)34)16-32-15-21-10-12-33(25(21)18-32)26-6-5-7-27(30-26)35-4/h5-9,19-21,24-25H,10-18H2,1-4H3/t20-,21-,24-,25?/m0/s1. The van der Waals surface area contributed by atoms with Gasteiger partial charge in [0.05, 0.1) is 5.03 Å². The number of hydrogen-bond donors (Lipinski definition) is 0. The first-order chi connectivity index (χ1) is 17.0. The van der Waals surface area contributed by atoms with Crippen molar-refractivity contribution < 1.29 is 0 Å². The second-order valence-corrected chi connectivity index (χ2v) is 12.3. The number of hydrogen-bond acceptors (Lipinski definition) is 7. The van der Waals surface area contributed by atoms with Crippen molar-refractivity contribution in [2.24, 2.45) is 11.8 Å². The van der Waals surface area contributed by atoms with Gasteiger partial charge in [0.2, 0.25) is 0 Å². The highest BCUT2D eigenvalue weighted by atomic mass is 32.2. The SMILES string of the molecule is CSc1cccc(N2CC[C@H]3CN(Cc4ccc(C(C)C)nc4N4CC[C@H]5CN(C)C[C@@H]54)CC32)n1. The fourth-order valence-corrected chi connectivity index (χ4v) is 7.40. The number of likely N-dealkylation sites (tertiary alicyclic amines) is 2. The van der Waals surface area contributed by atoms with Crippen molar-refractivity contribution in [1.82, 2.24) is 19.8 Å². The Balaban J connectivity index is 1.22. The van der Waals surface area contributed by atoms with Gasteiger partial charge in [-0.1, -0.05) is 26.0 Å². The monoisotopic (exact) mass is 492 g/mol. The number of fused-ring (bicyclic) bond motifs is 2. The number of nitrogens with zero attached hydrogens (tertiary/aromatic N) is 6. The molecule has 0 bridgehead atoms. The maximum absolute atomic E-state index is 5.29. The average Bonchev–Trinajstić information content (AvgIpc) is 3.60. The molecular weight excluding hydrogens is 452 g/mol. The summed E-state index contributed by atoms with van der Waals surface area (Å²) < 4.78 is 0. The van der Waals surface area contributed by atoms with Gasteiger partial charge in [0.1, 0.15) is 11.6 Å². The second-order valence-electron chi connectivity index (χ2n) is 11.4. The maximum Gasteiger partial charge on any atom is 0.133 e. The summed E-state index contributed by atoms with van der Waals surface area (Å²) in [5.41, 5.74) is 2.64. The highest BCUT2D eigenvalue weighted by Gasteiger charge is 2.43. The third kappa shape index (κ3) is 4.44. The molecule has 7 heteroatoms. The quantitative estimate of drug-likeness (QED) is 0.560. The summed E-state index contributed by atoms with van der Waals surface area (Å²) in [6.45, 7) is 12.5. The molecule has 1 unspecified atom stereocenters. The van der Waals surface area contributed by atoms with Crippen LogP contribution in [0.15, 0.2) is 35.4 Å². The molecule has 6 rings (SSSR count). The molecule has 4 saturated heterocycles. The Morgan fingerprint density at radius 1 is 0.914 bits per heavy atom. The Morgan fingerprint density at radius 2 is 1.69 bits per heavy atom. The molecule has 4 aliphatic heterocycles. The molecule has 0 spiro atoms. The van der Waals surface area contributed by atoms with Crippen molar-refractivity contribution >= 4 is 23.4 Å². The van der Waals surface area contributed by atoms with E-state index >= 15 is 0 Å². The molecule has 188 valence electrons. The minimum atomic E-state index is 0.455. The molecule has 2 aromatic rings. The van der Waals surface area contributed by atoms with E-state index in [2.05, 4.69) is 77.1 Å². The fourth-order valence-electron chi connectivity index (χ4n) is 7.00. The van der Waals surface area contributed by atoms with E-state index in [-0.39, 0.29) is 0 Å². The summed E-state index contributed by atoms with van der Waals surface area (Å²) in [7, 11) is 2.27. The first-order valence-electron chi connectivity index (χ1n) is 13.4. The van der Waals surface area contributed by atoms with Crippen LogP contribution in [0.3, 0.4) is 0 Å². The molecule has 0 amide bonds. The third-order valence-corrected chi connectivity index (χ3v) is 9.45. The van der Waals surface area contributed by atoms with Crippen LogP contribution in [0, 0.1) is 11.8 Å². The highest BCUT2D eigenvalue weighted by Crippen LogP contribution is 2.39. The van der Waals surface area contributed by atoms with E-state index in [0.717, 1.165) is 48.9 Å². The Hall–Kier alpha value is -1.83. The molecule has 2 aromatic heterocycles. The van der Waals surface area contributed by atoms with E-state index in [1.807, 2.05) is 0 Å². The van der Waals surface area contributed by atoms with E-state index in [9.17, 15) is 0 Å². The molecule has 6 heterocycles. The van der Waals surface area contributed by atoms with Crippen molar-refractivity contribution in [3.63, 3.8) is 0 Å². The molecule has 0 aromatic carbocycles. The van der Waals surface area contributed by atoms with Gasteiger partial charge < -0.3 is 14.7 Å². The number of pyridine rings is 2. The van der Waals surface area contributed by atoms with Crippen molar-refractivity contribution in [2.45, 2.75) is 56.3 Å². The van der Waals surface area contributed by atoms with Gasteiger partial charge in [0.15, 0.2) is 0 Å². The van der Waals surface area contributed by atoms with E-state index in [1.165, 1.54) is 49.6 Å². The minimum Gasteiger partial charge on any atom is -0.352 e. The molecule has 4 atom stereocenters. The Bertz CT molecular complexity index is 1060. The zero-order valence-electron chi connectivity index (χ0n) is 21.7. The lowest BCUT2D eigenvalue weighted by Crippen LogP contribution is -2.37. The molecular formula is C28H40N6S. The number of rotatable bonds is 6. The summed E-state index contributed by atoms with van der Waals surface area (Å²) in [6.07, 6.45) is 4.68. The van der Waals surface area contributed by atoms with Gasteiger partial charge in [-0.25, -0.2) is 9.97 Å². The first-order valence-corrected chi connectivity index (χ1v) is 14.7. The lowest BCUT2D eigenvalue weighted by molar-refractivity contribution is 0.309. The van der Waals surface area contributed by atoms with Crippen LogP contribution >= 0.6 is 11.8 Å². The van der Waals surface area contributed by atoms with Crippen LogP contribution in [0.1, 0.15) is 43.9 Å². The van der Waals surface area contributed by atoms with E-state index < -0.39 is 0 Å². The molecule has 0 aliphatic carbocycles. The molecule has 0 radical (unpaired) electrons. The Labute approximate surface area is 215 Å². The molecule has 4 aliphatic rings. The predicted octanol–water partition coefficient (Wildman–Crippen LogP) is 4.17. The first kappa shape index (κ1) is 23.6. The molecule has 35 heavy (non-hydrogen) atoms. The van der Waals surface area contributed by atoms with Crippen molar-refractivity contribution in [1.29, 1.82) is 0 Å². The Morgan fingerprint density at radius 3 is 2.49 bits per heavy atom. The number of likely N-dealkylation sites (N-methyl/N-ethyl adjacent to an activating group) is 1. The van der Waals surface area contributed by atoms with E-state index in [1.54, 1.807) is 11.8 Å². The van der Waals surface area contributed by atoms with Crippen LogP contribution in [0.2, 0.25) is 0 Å². The van der Waals surface area contributed by atoms with Crippen molar-refractivity contribution in [3.05, 3.63) is 41.6 Å². The van der Waals surface area contributed by atoms with Crippen LogP contribution in [-0.4, -0.2) is 84.4 Å². The van der Waals surface area contributed by atoms with Crippen LogP contribution in [0.25, 0.3) is 0 Å². The average molecular weight is 493 g/mol. The van der Waals surface area contributed by atoms with Gasteiger partial charge in [0.25, 0.3) is 0 Å². The topological polar surface area (TPSA) is 38.7 Å². The van der Waals surface area contributed by atoms with Crippen LogP contribution in [0.4, 0.5) is 11.6 Å². The van der Waals surface area contributed by atoms with Gasteiger partial charge in [-0.3, -0.25) is 4.90 Å². The van der Waals surface area contributed by atoms with Crippen molar-refractivity contribution in [2.75, 3.05) is 62.4 Å². The normalized spacial score (nSPS) is 28.9. The second kappa shape index (κ2) is 9.56. The van der Waals surface area contributed by atoms with Gasteiger partial charge >= 0.3 is 0 Å². The van der Waals surface area contributed by atoms with E-state index in [4.69, 9.17) is 9.97 Å². The predicted molar refractivity (Wildman–Crippen MR) is 146 cm³/mol. The number of aromatic nitrogens is 2. The zero-order chi connectivity index (χ0) is 24.1. The summed E-state index contributed by atoms with van der Waals surface area (Å²) >= 11 is 1.73. The smallest absolute Gasteiger partial charge is 0.133 e. The summed E-state index contributed by atoms with van der Waals surface area (Å²) in [4.78, 5) is 20.6. The lowest BCUT2D eigenvalue weighted by Gasteiger charge is -2.30. The zero-order valence-corrected chi connectivity index (χ0v) is 22.5. The van der Waals surface area contributed by atoms with Crippen LogP contribution in [-0.2, 0) is 6.54 Å². The molecule has 0 saturated carbocycles. The summed E-state index contributed by atoms with van der Waals surface area (Å²) in [6, 6.07) is 12.3. The van der Waals surface area contributed by atoms with Crippen LogP contribution in [0.5, 0.6) is 0 Å². The fraction of sp³-hybridized carbons (Fsp3) is 0.643. The third-order valence-electron chi connectivity index (χ3n) is 8.80. The van der Waals surface area contributed by atoms with Gasteiger partial charge in [-0.15, -0.1) is 11.8 Å². The molecule has 6 nitrogen and oxygen atoms in total. The number of anilines is 2. The summed E-state index contributed by atoms with van der Waals surface area (Å²) in [5.74, 6) is 4.41. The van der Waals surface area contributed by atoms with Crippen LogP contribution < -0.4 is 9.80 Å². The van der Waals surface area contributed by atoms with Gasteiger partial charge in [0, 0.05) is 69.2 Å². The summed E-state index contributed by atoms with van der Waals surface area (Å²) in [5, 5.41) is 1.11. The Kier molecular flexibility index (Phi) is 6.44. The van der Waals surface area contributed by atoms with Crippen molar-refractivity contribution in [3.8, 4) is 0 Å². The largest absolute Gasteiger partial charge is 0.352 e. The molecule has 0 N–H and O–H groups in total. The van der Waals surface area contributed by atoms with Gasteiger partial charge in [-0.2, -0.15) is 0 Å².